The van der Waals surface area contributed by atoms with Crippen LogP contribution in [-0.4, -0.2) is 15.8 Å². The summed E-state index contributed by atoms with van der Waals surface area (Å²) in [5.74, 6) is 0. The average molecular weight is 438 g/mol. The van der Waals surface area contributed by atoms with Gasteiger partial charge in [-0.05, 0) is 19.1 Å². The van der Waals surface area contributed by atoms with Gasteiger partial charge in [0.2, 0.25) is 4.91 Å². The predicted octanol–water partition coefficient (Wildman–Crippen LogP) is 5.47. The summed E-state index contributed by atoms with van der Waals surface area (Å²) >= 11 is 7.64. The van der Waals surface area contributed by atoms with Crippen molar-refractivity contribution in [2.24, 2.45) is 0 Å². The zero-order valence-corrected chi connectivity index (χ0v) is 14.8. The average Bonchev–Trinajstić information content (AvgIpc) is 2.48. The zero-order valence-electron chi connectivity index (χ0n) is 12.4. The summed E-state index contributed by atoms with van der Waals surface area (Å²) in [7, 11) is 0. The van der Waals surface area contributed by atoms with E-state index in [9.17, 15) is 30.9 Å². The number of nitrogens with one attached hydrogen (secondary N) is 2. The fourth-order valence-corrected chi connectivity index (χ4v) is 3.06. The Hall–Kier alpha value is -1.61. The highest BCUT2D eigenvalue weighted by atomic mass is 35.5. The van der Waals surface area contributed by atoms with Gasteiger partial charge in [0.15, 0.2) is 5.71 Å². The zero-order chi connectivity index (χ0) is 20.4. The van der Waals surface area contributed by atoms with Crippen LogP contribution in [0.2, 0.25) is 10.0 Å². The van der Waals surface area contributed by atoms with E-state index in [2.05, 4.69) is 5.32 Å². The van der Waals surface area contributed by atoms with Crippen molar-refractivity contribution in [2.75, 3.05) is 5.32 Å². The van der Waals surface area contributed by atoms with Crippen molar-refractivity contribution >= 4 is 45.8 Å². The SMILES string of the molecule is C/C(Nc1c(Cl)cc(C(F)(F)F)cc1Cl)=C(/C(=N)C#N)[S+]([O-])C(F)(F)F. The van der Waals surface area contributed by atoms with E-state index in [1.165, 1.54) is 0 Å². The molecule has 4 nitrogen and oxygen atoms in total. The first-order chi connectivity index (χ1) is 11.7. The lowest BCUT2D eigenvalue weighted by atomic mass is 10.2. The van der Waals surface area contributed by atoms with Gasteiger partial charge < -0.3 is 9.87 Å². The quantitative estimate of drug-likeness (QED) is 0.372. The van der Waals surface area contributed by atoms with E-state index in [-0.39, 0.29) is 0 Å². The Morgan fingerprint density at radius 1 is 1.19 bits per heavy atom. The molecule has 142 valence electrons. The summed E-state index contributed by atoms with van der Waals surface area (Å²) in [6.45, 7) is 0.940. The molecule has 0 saturated heterocycles. The number of anilines is 1. The highest BCUT2D eigenvalue weighted by Gasteiger charge is 2.49. The van der Waals surface area contributed by atoms with E-state index in [1.807, 2.05) is 0 Å². The largest absolute Gasteiger partial charge is 0.604 e. The van der Waals surface area contributed by atoms with Crippen molar-refractivity contribution in [1.82, 2.24) is 0 Å². The fraction of sp³-hybridized carbons (Fsp3) is 0.231. The van der Waals surface area contributed by atoms with Crippen LogP contribution in [0.25, 0.3) is 0 Å². The molecule has 0 heterocycles. The Morgan fingerprint density at radius 2 is 1.65 bits per heavy atom. The molecule has 1 aromatic carbocycles. The van der Waals surface area contributed by atoms with Crippen LogP contribution in [0.3, 0.4) is 0 Å². The summed E-state index contributed by atoms with van der Waals surface area (Å²) in [5.41, 5.74) is -8.69. The topological polar surface area (TPSA) is 82.7 Å². The number of hydrogen-bond donors (Lipinski definition) is 2. The molecule has 0 bridgehead atoms. The standard InChI is InChI=1S/C13H7Cl2F6N3OS/c1-5(11(9(23)4-22)26(25)13(19,20)21)24-10-7(14)2-6(3-8(10)15)12(16,17)18/h2-3,23-24H,1H3/b11-5+,23-9?. The first kappa shape index (κ1) is 22.4. The third-order valence-corrected chi connectivity index (χ3v) is 4.65. The number of alkyl halides is 6. The maximum Gasteiger partial charge on any atom is 0.578 e. The number of benzene rings is 1. The molecule has 0 radical (unpaired) electrons. The maximum atomic E-state index is 12.7. The van der Waals surface area contributed by atoms with Gasteiger partial charge >= 0.3 is 11.7 Å². The molecular formula is C13H7Cl2F6N3OS. The lowest BCUT2D eigenvalue weighted by Crippen LogP contribution is -2.29. The molecular weight excluding hydrogens is 431 g/mol. The van der Waals surface area contributed by atoms with E-state index < -0.39 is 60.5 Å². The normalized spacial score (nSPS) is 14.3. The Morgan fingerprint density at radius 3 is 2.00 bits per heavy atom. The van der Waals surface area contributed by atoms with Crippen molar-refractivity contribution in [2.45, 2.75) is 18.6 Å². The minimum absolute atomic E-state index is 0.402. The molecule has 0 spiro atoms. The van der Waals surface area contributed by atoms with Gasteiger partial charge in [0.1, 0.15) is 17.2 Å². The number of allylic oxidation sites excluding steroid dienone is 2. The minimum atomic E-state index is -5.27. The summed E-state index contributed by atoms with van der Waals surface area (Å²) in [5, 5.41) is 16.9. The van der Waals surface area contributed by atoms with Crippen molar-refractivity contribution < 1.29 is 30.9 Å². The fourth-order valence-electron chi connectivity index (χ4n) is 1.69. The van der Waals surface area contributed by atoms with Crippen LogP contribution >= 0.6 is 23.2 Å². The van der Waals surface area contributed by atoms with Crippen molar-refractivity contribution in [3.8, 4) is 6.07 Å². The van der Waals surface area contributed by atoms with Gasteiger partial charge in [-0.2, -0.15) is 18.4 Å². The van der Waals surface area contributed by atoms with E-state index in [1.54, 1.807) is 0 Å². The monoisotopic (exact) mass is 437 g/mol. The molecule has 0 aliphatic heterocycles. The van der Waals surface area contributed by atoms with Crippen molar-refractivity contribution in [1.29, 1.82) is 10.7 Å². The van der Waals surface area contributed by atoms with Crippen LogP contribution in [-0.2, 0) is 17.4 Å². The van der Waals surface area contributed by atoms with Gasteiger partial charge in [0.25, 0.3) is 0 Å². The van der Waals surface area contributed by atoms with Crippen LogP contribution in [0, 0.1) is 16.7 Å². The van der Waals surface area contributed by atoms with Gasteiger partial charge in [-0.1, -0.05) is 23.2 Å². The molecule has 0 aromatic heterocycles. The minimum Gasteiger partial charge on any atom is -0.604 e. The van der Waals surface area contributed by atoms with Gasteiger partial charge in [0.05, 0.1) is 27.0 Å². The van der Waals surface area contributed by atoms with Crippen molar-refractivity contribution in [3.63, 3.8) is 0 Å². The molecule has 0 aliphatic carbocycles. The third kappa shape index (κ3) is 5.20. The number of nitriles is 1. The number of nitrogens with zero attached hydrogens (tertiary/aromatic N) is 1. The molecule has 0 saturated carbocycles. The Balaban J connectivity index is 3.45. The third-order valence-electron chi connectivity index (χ3n) is 2.76. The molecule has 2 N–H and O–H groups in total. The van der Waals surface area contributed by atoms with Gasteiger partial charge in [-0.3, -0.25) is 5.41 Å². The summed E-state index contributed by atoms with van der Waals surface area (Å²) in [6, 6.07) is 2.09. The van der Waals surface area contributed by atoms with Crippen molar-refractivity contribution in [3.05, 3.63) is 38.3 Å². The van der Waals surface area contributed by atoms with Crippen LogP contribution in [0.4, 0.5) is 32.0 Å². The van der Waals surface area contributed by atoms with Crippen LogP contribution < -0.4 is 5.32 Å². The van der Waals surface area contributed by atoms with E-state index >= 15 is 0 Å². The summed E-state index contributed by atoms with van der Waals surface area (Å²) < 4.78 is 87.7. The summed E-state index contributed by atoms with van der Waals surface area (Å²) in [6.07, 6.45) is -4.76. The maximum absolute atomic E-state index is 12.7. The predicted molar refractivity (Wildman–Crippen MR) is 85.3 cm³/mol. The highest BCUT2D eigenvalue weighted by Crippen LogP contribution is 2.40. The molecule has 1 atom stereocenters. The Labute approximate surface area is 156 Å². The van der Waals surface area contributed by atoms with E-state index in [0.717, 1.165) is 13.0 Å². The highest BCUT2D eigenvalue weighted by molar-refractivity contribution is 7.97. The van der Waals surface area contributed by atoms with Gasteiger partial charge in [-0.15, -0.1) is 13.2 Å². The lowest BCUT2D eigenvalue weighted by molar-refractivity contribution is -0.137. The molecule has 13 heteroatoms. The molecule has 1 rings (SSSR count). The second-order valence-corrected chi connectivity index (χ2v) is 6.82. The van der Waals surface area contributed by atoms with Crippen LogP contribution in [0.5, 0.6) is 0 Å². The molecule has 0 aliphatic rings. The molecule has 1 unspecified atom stereocenters. The second-order valence-electron chi connectivity index (χ2n) is 4.59. The van der Waals surface area contributed by atoms with Crippen LogP contribution in [0.15, 0.2) is 22.7 Å². The molecule has 26 heavy (non-hydrogen) atoms. The van der Waals surface area contributed by atoms with E-state index in [0.29, 0.717) is 12.1 Å². The number of rotatable bonds is 4. The van der Waals surface area contributed by atoms with Crippen LogP contribution in [0.1, 0.15) is 12.5 Å². The smallest absolute Gasteiger partial charge is 0.578 e. The first-order valence-electron chi connectivity index (χ1n) is 6.22. The number of halogens is 8. The number of hydrogen-bond acceptors (Lipinski definition) is 4. The Bertz CT molecular complexity index is 778. The van der Waals surface area contributed by atoms with Gasteiger partial charge in [-0.25, -0.2) is 0 Å². The van der Waals surface area contributed by atoms with E-state index in [4.69, 9.17) is 33.9 Å². The molecule has 1 aromatic rings. The molecule has 0 fully saturated rings. The lowest BCUT2D eigenvalue weighted by Gasteiger charge is -2.18. The second kappa shape index (κ2) is 7.96. The summed E-state index contributed by atoms with van der Waals surface area (Å²) in [4.78, 5) is -1.20. The Kier molecular flexibility index (Phi) is 6.86. The van der Waals surface area contributed by atoms with Gasteiger partial charge in [0, 0.05) is 0 Å². The first-order valence-corrected chi connectivity index (χ1v) is 8.12. The molecule has 0 amide bonds.